The Kier molecular flexibility index (Phi) is 7.87. The van der Waals surface area contributed by atoms with E-state index in [9.17, 15) is 9.90 Å². The molecule has 0 saturated carbocycles. The van der Waals surface area contributed by atoms with Crippen LogP contribution in [0.1, 0.15) is 43.9 Å². The third-order valence-corrected chi connectivity index (χ3v) is 6.13. The van der Waals surface area contributed by atoms with Gasteiger partial charge in [-0.05, 0) is 75.2 Å². The number of likely N-dealkylation sites (tertiary alicyclic amines) is 1. The van der Waals surface area contributed by atoms with Crippen LogP contribution in [0.25, 0.3) is 0 Å². The summed E-state index contributed by atoms with van der Waals surface area (Å²) in [6, 6.07) is 11.5. The Labute approximate surface area is 187 Å². The van der Waals surface area contributed by atoms with Crippen molar-refractivity contribution in [3.05, 3.63) is 57.6 Å². The zero-order chi connectivity index (χ0) is 21.7. The molecule has 1 saturated heterocycles. The molecule has 1 atom stereocenters. The lowest BCUT2D eigenvalue weighted by atomic mass is 9.91. The summed E-state index contributed by atoms with van der Waals surface area (Å²) in [6.45, 7) is 6.33. The highest BCUT2D eigenvalue weighted by Gasteiger charge is 2.31. The van der Waals surface area contributed by atoms with E-state index in [0.29, 0.717) is 60.7 Å². The Morgan fingerprint density at radius 2 is 1.60 bits per heavy atom. The van der Waals surface area contributed by atoms with Gasteiger partial charge in [0.1, 0.15) is 0 Å². The zero-order valence-electron chi connectivity index (χ0n) is 17.2. The Morgan fingerprint density at radius 3 is 2.20 bits per heavy atom. The number of halogens is 2. The molecule has 0 radical (unpaired) electrons. The van der Waals surface area contributed by atoms with Crippen molar-refractivity contribution in [2.75, 3.05) is 26.3 Å². The first-order valence-corrected chi connectivity index (χ1v) is 11.0. The second-order valence-electron chi connectivity index (χ2n) is 7.30. The van der Waals surface area contributed by atoms with Crippen molar-refractivity contribution in [3.63, 3.8) is 0 Å². The lowest BCUT2D eigenvalue weighted by molar-refractivity contribution is -0.143. The van der Waals surface area contributed by atoms with E-state index in [1.54, 1.807) is 6.07 Å². The van der Waals surface area contributed by atoms with Crippen molar-refractivity contribution in [1.29, 1.82) is 0 Å². The van der Waals surface area contributed by atoms with Gasteiger partial charge in [0.2, 0.25) is 0 Å². The van der Waals surface area contributed by atoms with E-state index in [-0.39, 0.29) is 12.0 Å². The Morgan fingerprint density at radius 1 is 1.00 bits per heavy atom. The van der Waals surface area contributed by atoms with E-state index in [2.05, 4.69) is 4.90 Å². The molecule has 1 heterocycles. The van der Waals surface area contributed by atoms with Crippen LogP contribution in [0.3, 0.4) is 0 Å². The summed E-state index contributed by atoms with van der Waals surface area (Å²) in [6.07, 6.45) is 1.23. The second kappa shape index (κ2) is 10.4. The van der Waals surface area contributed by atoms with Gasteiger partial charge in [-0.3, -0.25) is 9.69 Å². The van der Waals surface area contributed by atoms with E-state index in [0.717, 1.165) is 11.1 Å². The SMILES string of the molecule is CCOc1ccc(C(c2ccc(Cl)c(Cl)c2)N2CCC(C(=O)O)CC2)cc1OCC. The topological polar surface area (TPSA) is 59.0 Å². The number of carboxylic acids is 1. The highest BCUT2D eigenvalue weighted by molar-refractivity contribution is 6.42. The van der Waals surface area contributed by atoms with E-state index in [4.69, 9.17) is 32.7 Å². The molecule has 30 heavy (non-hydrogen) atoms. The number of hydrogen-bond acceptors (Lipinski definition) is 4. The highest BCUT2D eigenvalue weighted by atomic mass is 35.5. The van der Waals surface area contributed by atoms with Crippen LogP contribution >= 0.6 is 23.2 Å². The van der Waals surface area contributed by atoms with Crippen LogP contribution in [0, 0.1) is 5.92 Å². The van der Waals surface area contributed by atoms with Crippen molar-refractivity contribution in [3.8, 4) is 11.5 Å². The lowest BCUT2D eigenvalue weighted by Crippen LogP contribution is -2.39. The van der Waals surface area contributed by atoms with Gasteiger partial charge in [0.05, 0.1) is 35.2 Å². The summed E-state index contributed by atoms with van der Waals surface area (Å²) in [5.41, 5.74) is 2.04. The summed E-state index contributed by atoms with van der Waals surface area (Å²) in [5.74, 6) is 0.387. The van der Waals surface area contributed by atoms with E-state index < -0.39 is 5.97 Å². The second-order valence-corrected chi connectivity index (χ2v) is 8.11. The molecule has 0 aromatic heterocycles. The van der Waals surface area contributed by atoms with Gasteiger partial charge in [-0.2, -0.15) is 0 Å². The maximum Gasteiger partial charge on any atom is 0.306 e. The van der Waals surface area contributed by atoms with Crippen molar-refractivity contribution in [1.82, 2.24) is 4.90 Å². The minimum atomic E-state index is -0.722. The fourth-order valence-electron chi connectivity index (χ4n) is 3.94. The van der Waals surface area contributed by atoms with Gasteiger partial charge in [0.15, 0.2) is 11.5 Å². The third kappa shape index (κ3) is 5.20. The molecular weight excluding hydrogens is 425 g/mol. The molecule has 2 aromatic rings. The summed E-state index contributed by atoms with van der Waals surface area (Å²) >= 11 is 12.5. The van der Waals surface area contributed by atoms with Gasteiger partial charge >= 0.3 is 5.97 Å². The van der Waals surface area contributed by atoms with Crippen LogP contribution < -0.4 is 9.47 Å². The first kappa shape index (κ1) is 22.7. The van der Waals surface area contributed by atoms with Crippen LogP contribution in [-0.4, -0.2) is 42.3 Å². The van der Waals surface area contributed by atoms with Crippen molar-refractivity contribution < 1.29 is 19.4 Å². The molecule has 0 spiro atoms. The molecule has 1 fully saturated rings. The summed E-state index contributed by atoms with van der Waals surface area (Å²) in [5, 5.41) is 10.4. The predicted octanol–water partition coefficient (Wildman–Crippen LogP) is 5.68. The molecule has 5 nitrogen and oxygen atoms in total. The summed E-state index contributed by atoms with van der Waals surface area (Å²) < 4.78 is 11.5. The molecule has 1 unspecified atom stereocenters. The molecule has 1 N–H and O–H groups in total. The van der Waals surface area contributed by atoms with Gasteiger partial charge in [-0.15, -0.1) is 0 Å². The first-order chi connectivity index (χ1) is 14.4. The Balaban J connectivity index is 2.00. The quantitative estimate of drug-likeness (QED) is 0.559. The maximum atomic E-state index is 11.4. The average Bonchev–Trinajstić information content (AvgIpc) is 2.73. The van der Waals surface area contributed by atoms with Crippen molar-refractivity contribution >= 4 is 29.2 Å². The number of aliphatic carboxylic acids is 1. The highest BCUT2D eigenvalue weighted by Crippen LogP contribution is 2.38. The maximum absolute atomic E-state index is 11.4. The lowest BCUT2D eigenvalue weighted by Gasteiger charge is -2.37. The Bertz CT molecular complexity index is 882. The third-order valence-electron chi connectivity index (χ3n) is 5.39. The van der Waals surface area contributed by atoms with Gasteiger partial charge < -0.3 is 14.6 Å². The normalized spacial score (nSPS) is 16.3. The molecule has 1 aliphatic heterocycles. The largest absolute Gasteiger partial charge is 0.490 e. The van der Waals surface area contributed by atoms with Crippen LogP contribution in [-0.2, 0) is 4.79 Å². The molecule has 7 heteroatoms. The molecule has 162 valence electrons. The van der Waals surface area contributed by atoms with Crippen molar-refractivity contribution in [2.24, 2.45) is 5.92 Å². The molecule has 3 rings (SSSR count). The molecule has 1 aliphatic rings. The number of benzene rings is 2. The number of carbonyl (C=O) groups is 1. The van der Waals surface area contributed by atoms with Crippen LogP contribution in [0.15, 0.2) is 36.4 Å². The minimum Gasteiger partial charge on any atom is -0.490 e. The molecule has 0 amide bonds. The number of hydrogen-bond donors (Lipinski definition) is 1. The number of nitrogens with zero attached hydrogens (tertiary/aromatic N) is 1. The van der Waals surface area contributed by atoms with Crippen LogP contribution in [0.2, 0.25) is 10.0 Å². The molecule has 0 aliphatic carbocycles. The van der Waals surface area contributed by atoms with E-state index in [1.165, 1.54) is 0 Å². The standard InChI is InChI=1S/C23H27Cl2NO4/c1-3-29-20-8-6-17(14-21(20)30-4-2)22(16-5-7-18(24)19(25)13-16)26-11-9-15(10-12-26)23(27)28/h5-8,13-15,22H,3-4,9-12H2,1-2H3,(H,27,28). The zero-order valence-corrected chi connectivity index (χ0v) is 18.7. The Hall–Kier alpha value is -1.95. The molecular formula is C23H27Cl2NO4. The molecule has 2 aromatic carbocycles. The van der Waals surface area contributed by atoms with Crippen molar-refractivity contribution in [2.45, 2.75) is 32.7 Å². The van der Waals surface area contributed by atoms with Crippen LogP contribution in [0.5, 0.6) is 11.5 Å². The summed E-state index contributed by atoms with van der Waals surface area (Å²) in [7, 11) is 0. The number of ether oxygens (including phenoxy) is 2. The van der Waals surface area contributed by atoms with Crippen LogP contribution in [0.4, 0.5) is 0 Å². The number of piperidine rings is 1. The first-order valence-electron chi connectivity index (χ1n) is 10.3. The molecule has 0 bridgehead atoms. The average molecular weight is 452 g/mol. The van der Waals surface area contributed by atoms with Gasteiger partial charge in [0, 0.05) is 0 Å². The fraction of sp³-hybridized carbons (Fsp3) is 0.435. The van der Waals surface area contributed by atoms with E-state index >= 15 is 0 Å². The van der Waals surface area contributed by atoms with Gasteiger partial charge in [-0.1, -0.05) is 35.3 Å². The smallest absolute Gasteiger partial charge is 0.306 e. The summed E-state index contributed by atoms with van der Waals surface area (Å²) in [4.78, 5) is 13.7. The van der Waals surface area contributed by atoms with Gasteiger partial charge in [0.25, 0.3) is 0 Å². The predicted molar refractivity (Wildman–Crippen MR) is 119 cm³/mol. The fourth-order valence-corrected chi connectivity index (χ4v) is 4.25. The number of rotatable bonds is 8. The van der Waals surface area contributed by atoms with E-state index in [1.807, 2.05) is 44.2 Å². The van der Waals surface area contributed by atoms with Gasteiger partial charge in [-0.25, -0.2) is 0 Å². The minimum absolute atomic E-state index is 0.0932. The number of carboxylic acid groups (broad SMARTS) is 1. The monoisotopic (exact) mass is 451 g/mol.